The van der Waals surface area contributed by atoms with Crippen LogP contribution in [-0.4, -0.2) is 40.6 Å². The molecule has 0 aliphatic carbocycles. The van der Waals surface area contributed by atoms with E-state index in [1.807, 2.05) is 17.8 Å². The summed E-state index contributed by atoms with van der Waals surface area (Å²) in [5, 5.41) is 2.87. The highest BCUT2D eigenvalue weighted by Crippen LogP contribution is 2.24. The summed E-state index contributed by atoms with van der Waals surface area (Å²) in [7, 11) is 1.56. The first-order chi connectivity index (χ1) is 11.8. The summed E-state index contributed by atoms with van der Waals surface area (Å²) in [6.45, 7) is 0.323. The number of carbonyl (C=O) groups excluding carboxylic acids is 1. The molecule has 3 rings (SSSR count). The van der Waals surface area contributed by atoms with Gasteiger partial charge in [-0.3, -0.25) is 4.79 Å². The van der Waals surface area contributed by atoms with Crippen molar-refractivity contribution >= 4 is 17.7 Å². The molecule has 24 heavy (non-hydrogen) atoms. The Labute approximate surface area is 145 Å². The second-order valence-electron chi connectivity index (χ2n) is 5.31. The van der Waals surface area contributed by atoms with Crippen molar-refractivity contribution < 1.29 is 14.3 Å². The molecule has 1 saturated heterocycles. The van der Waals surface area contributed by atoms with Crippen LogP contribution < -0.4 is 14.8 Å². The molecular weight excluding hydrogens is 326 g/mol. The largest absolute Gasteiger partial charge is 0.481 e. The molecule has 1 fully saturated rings. The van der Waals surface area contributed by atoms with Gasteiger partial charge in [-0.2, -0.15) is 11.8 Å². The fraction of sp³-hybridized carbons (Fsp3) is 0.353. The summed E-state index contributed by atoms with van der Waals surface area (Å²) in [6.07, 6.45) is 4.39. The molecule has 1 aliphatic heterocycles. The highest BCUT2D eigenvalue weighted by Gasteiger charge is 2.21. The summed E-state index contributed by atoms with van der Waals surface area (Å²) in [4.78, 5) is 20.9. The number of amides is 1. The van der Waals surface area contributed by atoms with Crippen LogP contribution in [0.5, 0.6) is 11.8 Å². The van der Waals surface area contributed by atoms with Gasteiger partial charge in [0.2, 0.25) is 11.8 Å². The van der Waals surface area contributed by atoms with Crippen LogP contribution in [0.4, 0.5) is 0 Å². The van der Waals surface area contributed by atoms with E-state index >= 15 is 0 Å². The van der Waals surface area contributed by atoms with Crippen molar-refractivity contribution in [1.29, 1.82) is 0 Å². The van der Waals surface area contributed by atoms with Crippen LogP contribution in [0.2, 0.25) is 0 Å². The van der Waals surface area contributed by atoms with Crippen molar-refractivity contribution in [3.63, 3.8) is 0 Å². The summed E-state index contributed by atoms with van der Waals surface area (Å²) in [6, 6.07) is 7.12. The number of hydrogen-bond donors (Lipinski definition) is 1. The molecule has 0 spiro atoms. The Bertz CT molecular complexity index is 705. The summed E-state index contributed by atoms with van der Waals surface area (Å²) in [5.41, 5.74) is 1.25. The number of methoxy groups -OCH3 is 1. The lowest BCUT2D eigenvalue weighted by Crippen LogP contribution is -2.25. The van der Waals surface area contributed by atoms with E-state index in [0.29, 0.717) is 23.9 Å². The van der Waals surface area contributed by atoms with Crippen molar-refractivity contribution in [2.24, 2.45) is 0 Å². The van der Waals surface area contributed by atoms with Crippen molar-refractivity contribution in [2.75, 3.05) is 18.6 Å². The Morgan fingerprint density at radius 3 is 2.83 bits per heavy atom. The molecule has 0 aromatic carbocycles. The van der Waals surface area contributed by atoms with Crippen LogP contribution in [0.3, 0.4) is 0 Å². The quantitative estimate of drug-likeness (QED) is 0.866. The van der Waals surface area contributed by atoms with Crippen molar-refractivity contribution in [3.8, 4) is 11.8 Å². The number of ether oxygens (including phenoxy) is 2. The predicted octanol–water partition coefficient (Wildman–Crippen LogP) is 2.30. The zero-order valence-corrected chi connectivity index (χ0v) is 14.2. The molecule has 3 heterocycles. The first-order valence-electron chi connectivity index (χ1n) is 7.73. The van der Waals surface area contributed by atoms with E-state index < -0.39 is 0 Å². The molecule has 0 bridgehead atoms. The first kappa shape index (κ1) is 16.6. The third-order valence-electron chi connectivity index (χ3n) is 3.66. The average molecular weight is 345 g/mol. The molecule has 1 unspecified atom stereocenters. The minimum absolute atomic E-state index is 0.120. The van der Waals surface area contributed by atoms with Crippen LogP contribution in [0.25, 0.3) is 0 Å². The minimum Gasteiger partial charge on any atom is -0.481 e. The molecule has 7 heteroatoms. The van der Waals surface area contributed by atoms with E-state index in [4.69, 9.17) is 9.47 Å². The fourth-order valence-corrected chi connectivity index (χ4v) is 3.53. The van der Waals surface area contributed by atoms with Crippen LogP contribution in [-0.2, 0) is 6.54 Å². The number of rotatable bonds is 6. The number of pyridine rings is 2. The Hall–Kier alpha value is -2.28. The molecule has 1 atom stereocenters. The van der Waals surface area contributed by atoms with Gasteiger partial charge in [0.1, 0.15) is 11.7 Å². The molecule has 0 saturated carbocycles. The molecule has 1 aliphatic rings. The first-order valence-corrected chi connectivity index (χ1v) is 8.89. The molecule has 126 valence electrons. The van der Waals surface area contributed by atoms with Gasteiger partial charge in [0.25, 0.3) is 5.91 Å². The summed E-state index contributed by atoms with van der Waals surface area (Å²) >= 11 is 1.85. The van der Waals surface area contributed by atoms with Gasteiger partial charge in [-0.25, -0.2) is 9.97 Å². The van der Waals surface area contributed by atoms with Gasteiger partial charge < -0.3 is 14.8 Å². The summed E-state index contributed by atoms with van der Waals surface area (Å²) in [5.74, 6) is 2.68. The van der Waals surface area contributed by atoms with Crippen LogP contribution in [0.1, 0.15) is 22.3 Å². The maximum atomic E-state index is 12.5. The second kappa shape index (κ2) is 8.01. The SMILES string of the molecule is COc1ncccc1CNC(=O)c1cccnc1OC1CCSC1. The number of hydrogen-bond acceptors (Lipinski definition) is 6. The van der Waals surface area contributed by atoms with Crippen molar-refractivity contribution in [2.45, 2.75) is 19.1 Å². The number of nitrogens with one attached hydrogen (secondary N) is 1. The highest BCUT2D eigenvalue weighted by molar-refractivity contribution is 7.99. The second-order valence-corrected chi connectivity index (χ2v) is 6.46. The summed E-state index contributed by atoms with van der Waals surface area (Å²) < 4.78 is 11.1. The van der Waals surface area contributed by atoms with E-state index in [2.05, 4.69) is 15.3 Å². The van der Waals surface area contributed by atoms with E-state index in [-0.39, 0.29) is 12.0 Å². The monoisotopic (exact) mass is 345 g/mol. The molecule has 0 radical (unpaired) electrons. The molecular formula is C17H19N3O3S. The fourth-order valence-electron chi connectivity index (χ4n) is 2.43. The highest BCUT2D eigenvalue weighted by atomic mass is 32.2. The lowest BCUT2D eigenvalue weighted by atomic mass is 10.2. The Balaban J connectivity index is 1.68. The van der Waals surface area contributed by atoms with E-state index in [9.17, 15) is 4.79 Å². The maximum Gasteiger partial charge on any atom is 0.257 e. The normalized spacial score (nSPS) is 16.6. The average Bonchev–Trinajstić information content (AvgIpc) is 3.13. The minimum atomic E-state index is -0.227. The maximum absolute atomic E-state index is 12.5. The molecule has 1 N–H and O–H groups in total. The predicted molar refractivity (Wildman–Crippen MR) is 92.6 cm³/mol. The van der Waals surface area contributed by atoms with Crippen LogP contribution in [0.15, 0.2) is 36.7 Å². The number of nitrogens with zero attached hydrogens (tertiary/aromatic N) is 2. The van der Waals surface area contributed by atoms with Gasteiger partial charge in [0.15, 0.2) is 0 Å². The Morgan fingerprint density at radius 1 is 1.29 bits per heavy atom. The smallest absolute Gasteiger partial charge is 0.257 e. The van der Waals surface area contributed by atoms with Crippen molar-refractivity contribution in [1.82, 2.24) is 15.3 Å². The Kier molecular flexibility index (Phi) is 5.53. The van der Waals surface area contributed by atoms with Crippen LogP contribution >= 0.6 is 11.8 Å². The van der Waals surface area contributed by atoms with Gasteiger partial charge in [0.05, 0.1) is 7.11 Å². The van der Waals surface area contributed by atoms with Gasteiger partial charge in [0, 0.05) is 30.3 Å². The van der Waals surface area contributed by atoms with Crippen molar-refractivity contribution in [3.05, 3.63) is 47.8 Å². The lowest BCUT2D eigenvalue weighted by molar-refractivity contribution is 0.0943. The molecule has 2 aromatic heterocycles. The van der Waals surface area contributed by atoms with E-state index in [0.717, 1.165) is 23.5 Å². The van der Waals surface area contributed by atoms with E-state index in [1.54, 1.807) is 37.7 Å². The van der Waals surface area contributed by atoms with Crippen LogP contribution in [0, 0.1) is 0 Å². The lowest BCUT2D eigenvalue weighted by Gasteiger charge is -2.15. The number of aromatic nitrogens is 2. The van der Waals surface area contributed by atoms with Gasteiger partial charge in [-0.1, -0.05) is 6.07 Å². The van der Waals surface area contributed by atoms with Gasteiger partial charge >= 0.3 is 0 Å². The van der Waals surface area contributed by atoms with Gasteiger partial charge in [-0.05, 0) is 30.4 Å². The Morgan fingerprint density at radius 2 is 2.08 bits per heavy atom. The molecule has 6 nitrogen and oxygen atoms in total. The standard InChI is InChI=1S/C17H19N3O3S/c1-22-16-12(4-2-7-18-16)10-20-15(21)14-5-3-8-19-17(14)23-13-6-9-24-11-13/h2-5,7-8,13H,6,9-11H2,1H3,(H,20,21). The number of carbonyl (C=O) groups is 1. The molecule has 2 aromatic rings. The van der Waals surface area contributed by atoms with Gasteiger partial charge in [-0.15, -0.1) is 0 Å². The zero-order chi connectivity index (χ0) is 16.8. The topological polar surface area (TPSA) is 73.3 Å². The third-order valence-corrected chi connectivity index (χ3v) is 4.80. The molecule has 1 amide bonds. The van der Waals surface area contributed by atoms with E-state index in [1.165, 1.54) is 0 Å². The zero-order valence-electron chi connectivity index (χ0n) is 13.4. The third kappa shape index (κ3) is 3.97. The number of thioether (sulfide) groups is 1.